The van der Waals surface area contributed by atoms with Gasteiger partial charge in [0.15, 0.2) is 0 Å². The van der Waals surface area contributed by atoms with E-state index in [0.29, 0.717) is 26.1 Å². The fourth-order valence-corrected chi connectivity index (χ4v) is 1.71. The van der Waals surface area contributed by atoms with E-state index in [-0.39, 0.29) is 5.97 Å². The van der Waals surface area contributed by atoms with Gasteiger partial charge < -0.3 is 9.47 Å². The summed E-state index contributed by atoms with van der Waals surface area (Å²) < 4.78 is 10.4. The number of carbonyl (C=O) groups excluding carboxylic acids is 1. The SMILES string of the molecule is CCOC(=O)CCc1ccc(OCCCBr)cc1. The molecular formula is C14H19BrO3. The monoisotopic (exact) mass is 314 g/mol. The molecule has 0 aliphatic rings. The number of alkyl halides is 1. The van der Waals surface area contributed by atoms with Gasteiger partial charge in [0, 0.05) is 11.8 Å². The molecule has 0 fully saturated rings. The third-order valence-corrected chi connectivity index (χ3v) is 2.95. The Kier molecular flexibility index (Phi) is 7.49. The summed E-state index contributed by atoms with van der Waals surface area (Å²) in [6.07, 6.45) is 2.13. The minimum absolute atomic E-state index is 0.143. The van der Waals surface area contributed by atoms with Gasteiger partial charge in [-0.2, -0.15) is 0 Å². The van der Waals surface area contributed by atoms with Crippen LogP contribution in [0.5, 0.6) is 5.75 Å². The predicted molar refractivity (Wildman–Crippen MR) is 75.3 cm³/mol. The predicted octanol–water partition coefficient (Wildman–Crippen LogP) is 3.35. The number of aryl methyl sites for hydroxylation is 1. The Morgan fingerprint density at radius 3 is 2.61 bits per heavy atom. The van der Waals surface area contributed by atoms with Crippen molar-refractivity contribution in [2.75, 3.05) is 18.5 Å². The van der Waals surface area contributed by atoms with Crippen molar-refractivity contribution in [3.8, 4) is 5.75 Å². The summed E-state index contributed by atoms with van der Waals surface area (Å²) in [6, 6.07) is 7.86. The van der Waals surface area contributed by atoms with Gasteiger partial charge in [-0.25, -0.2) is 0 Å². The van der Waals surface area contributed by atoms with Crippen LogP contribution in [0.1, 0.15) is 25.3 Å². The van der Waals surface area contributed by atoms with Crippen LogP contribution in [0.2, 0.25) is 0 Å². The summed E-state index contributed by atoms with van der Waals surface area (Å²) in [4.78, 5) is 11.2. The standard InChI is InChI=1S/C14H19BrO3/c1-2-17-14(16)9-6-12-4-7-13(8-5-12)18-11-3-10-15/h4-5,7-8H,2-3,6,9-11H2,1H3. The fourth-order valence-electron chi connectivity index (χ4n) is 1.48. The lowest BCUT2D eigenvalue weighted by Gasteiger charge is -2.06. The lowest BCUT2D eigenvalue weighted by atomic mass is 10.1. The van der Waals surface area contributed by atoms with Crippen molar-refractivity contribution in [2.45, 2.75) is 26.2 Å². The first kappa shape index (κ1) is 15.0. The highest BCUT2D eigenvalue weighted by Gasteiger charge is 2.02. The molecule has 0 saturated carbocycles. The van der Waals surface area contributed by atoms with E-state index in [0.717, 1.165) is 23.1 Å². The summed E-state index contributed by atoms with van der Waals surface area (Å²) in [5.74, 6) is 0.728. The lowest BCUT2D eigenvalue weighted by molar-refractivity contribution is -0.143. The smallest absolute Gasteiger partial charge is 0.306 e. The zero-order valence-electron chi connectivity index (χ0n) is 10.7. The maximum Gasteiger partial charge on any atom is 0.306 e. The molecule has 4 heteroatoms. The van der Waals surface area contributed by atoms with Crippen LogP contribution >= 0.6 is 15.9 Å². The number of halogens is 1. The van der Waals surface area contributed by atoms with E-state index in [4.69, 9.17) is 9.47 Å². The van der Waals surface area contributed by atoms with E-state index in [2.05, 4.69) is 15.9 Å². The molecule has 0 spiro atoms. The second kappa shape index (κ2) is 8.97. The van der Waals surface area contributed by atoms with Gasteiger partial charge in [-0.1, -0.05) is 28.1 Å². The highest BCUT2D eigenvalue weighted by molar-refractivity contribution is 9.09. The molecular weight excluding hydrogens is 296 g/mol. The molecule has 0 aliphatic carbocycles. The van der Waals surface area contributed by atoms with E-state index < -0.39 is 0 Å². The molecule has 100 valence electrons. The van der Waals surface area contributed by atoms with Crippen LogP contribution in [0, 0.1) is 0 Å². The maximum atomic E-state index is 11.2. The summed E-state index contributed by atoms with van der Waals surface area (Å²) >= 11 is 3.36. The van der Waals surface area contributed by atoms with Gasteiger partial charge in [-0.05, 0) is 37.5 Å². The Morgan fingerprint density at radius 2 is 2.00 bits per heavy atom. The van der Waals surface area contributed by atoms with Gasteiger partial charge >= 0.3 is 5.97 Å². The molecule has 0 unspecified atom stereocenters. The highest BCUT2D eigenvalue weighted by Crippen LogP contribution is 2.14. The van der Waals surface area contributed by atoms with Gasteiger partial charge in [0.2, 0.25) is 0 Å². The highest BCUT2D eigenvalue weighted by atomic mass is 79.9. The third-order valence-electron chi connectivity index (χ3n) is 2.39. The topological polar surface area (TPSA) is 35.5 Å². The number of carbonyl (C=O) groups is 1. The van der Waals surface area contributed by atoms with Crippen molar-refractivity contribution >= 4 is 21.9 Å². The van der Waals surface area contributed by atoms with Gasteiger partial charge in [0.25, 0.3) is 0 Å². The average Bonchev–Trinajstić information content (AvgIpc) is 2.38. The van der Waals surface area contributed by atoms with Crippen molar-refractivity contribution < 1.29 is 14.3 Å². The summed E-state index contributed by atoms with van der Waals surface area (Å²) in [6.45, 7) is 2.98. The molecule has 3 nitrogen and oxygen atoms in total. The zero-order chi connectivity index (χ0) is 13.2. The number of rotatable bonds is 8. The number of ether oxygens (including phenoxy) is 2. The van der Waals surface area contributed by atoms with Crippen molar-refractivity contribution in [3.05, 3.63) is 29.8 Å². The van der Waals surface area contributed by atoms with Crippen LogP contribution in [0.4, 0.5) is 0 Å². The van der Waals surface area contributed by atoms with Crippen molar-refractivity contribution in [1.29, 1.82) is 0 Å². The van der Waals surface area contributed by atoms with Crippen molar-refractivity contribution in [1.82, 2.24) is 0 Å². The molecule has 1 aromatic carbocycles. The molecule has 0 saturated heterocycles. The molecule has 0 aliphatic heterocycles. The van der Waals surface area contributed by atoms with Gasteiger partial charge in [-0.15, -0.1) is 0 Å². The molecule has 0 N–H and O–H groups in total. The number of benzene rings is 1. The minimum atomic E-state index is -0.143. The van der Waals surface area contributed by atoms with E-state index in [1.54, 1.807) is 0 Å². The second-order valence-electron chi connectivity index (χ2n) is 3.84. The third kappa shape index (κ3) is 6.05. The summed E-state index contributed by atoms with van der Waals surface area (Å²) in [5, 5.41) is 0.949. The lowest BCUT2D eigenvalue weighted by Crippen LogP contribution is -2.05. The first-order chi connectivity index (χ1) is 8.76. The van der Waals surface area contributed by atoms with Crippen LogP contribution in [-0.2, 0) is 16.0 Å². The summed E-state index contributed by atoms with van der Waals surface area (Å²) in [7, 11) is 0. The fraction of sp³-hybridized carbons (Fsp3) is 0.500. The normalized spacial score (nSPS) is 10.1. The van der Waals surface area contributed by atoms with E-state index in [1.807, 2.05) is 31.2 Å². The first-order valence-corrected chi connectivity index (χ1v) is 7.31. The largest absolute Gasteiger partial charge is 0.494 e. The molecule has 0 aromatic heterocycles. The Labute approximate surface area is 117 Å². The molecule has 1 rings (SSSR count). The van der Waals surface area contributed by atoms with E-state index >= 15 is 0 Å². The molecule has 1 aromatic rings. The van der Waals surface area contributed by atoms with Gasteiger partial charge in [0.05, 0.1) is 13.2 Å². The van der Waals surface area contributed by atoms with Gasteiger partial charge in [-0.3, -0.25) is 4.79 Å². The molecule has 0 bridgehead atoms. The zero-order valence-corrected chi connectivity index (χ0v) is 12.2. The van der Waals surface area contributed by atoms with Crippen LogP contribution in [0.25, 0.3) is 0 Å². The number of hydrogen-bond donors (Lipinski definition) is 0. The second-order valence-corrected chi connectivity index (χ2v) is 4.63. The average molecular weight is 315 g/mol. The Morgan fingerprint density at radius 1 is 1.28 bits per heavy atom. The molecule has 0 atom stereocenters. The molecule has 0 radical (unpaired) electrons. The van der Waals surface area contributed by atoms with Crippen molar-refractivity contribution in [3.63, 3.8) is 0 Å². The van der Waals surface area contributed by atoms with Crippen LogP contribution < -0.4 is 4.74 Å². The summed E-state index contributed by atoms with van der Waals surface area (Å²) in [5.41, 5.74) is 1.12. The Hall–Kier alpha value is -1.03. The molecule has 18 heavy (non-hydrogen) atoms. The maximum absolute atomic E-state index is 11.2. The Bertz CT molecular complexity index is 349. The van der Waals surface area contributed by atoms with Crippen molar-refractivity contribution in [2.24, 2.45) is 0 Å². The first-order valence-electron chi connectivity index (χ1n) is 6.19. The van der Waals surface area contributed by atoms with Crippen LogP contribution in [0.3, 0.4) is 0 Å². The van der Waals surface area contributed by atoms with Crippen LogP contribution in [-0.4, -0.2) is 24.5 Å². The number of esters is 1. The Balaban J connectivity index is 2.33. The van der Waals surface area contributed by atoms with Crippen LogP contribution in [0.15, 0.2) is 24.3 Å². The van der Waals surface area contributed by atoms with E-state index in [1.165, 1.54) is 0 Å². The minimum Gasteiger partial charge on any atom is -0.494 e. The van der Waals surface area contributed by atoms with Gasteiger partial charge in [0.1, 0.15) is 5.75 Å². The van der Waals surface area contributed by atoms with E-state index in [9.17, 15) is 4.79 Å². The molecule has 0 heterocycles. The number of hydrogen-bond acceptors (Lipinski definition) is 3. The molecule has 0 amide bonds. The quantitative estimate of drug-likeness (QED) is 0.419.